The van der Waals surface area contributed by atoms with Crippen LogP contribution in [0.3, 0.4) is 0 Å². The Morgan fingerprint density at radius 3 is 2.48 bits per heavy atom. The second-order valence-electron chi connectivity index (χ2n) is 7.17. The maximum atomic E-state index is 12.4. The molecule has 2 aliphatic rings. The summed E-state index contributed by atoms with van der Waals surface area (Å²) in [6, 6.07) is 0. The zero-order valence-electron chi connectivity index (χ0n) is 17.5. The number of guanidine groups is 1. The Hall–Kier alpha value is -1.18. The SMILES string of the molecule is CN=C(NCc1csc(N(C)C)n1)N1CCN(CC(=O)N2CCOCC2)CC1.I. The number of rotatable bonds is 5. The van der Waals surface area contributed by atoms with E-state index in [9.17, 15) is 4.79 Å². The predicted octanol–water partition coefficient (Wildman–Crippen LogP) is 0.379. The van der Waals surface area contributed by atoms with Crippen molar-refractivity contribution in [2.24, 2.45) is 4.99 Å². The summed E-state index contributed by atoms with van der Waals surface area (Å²) in [5, 5.41) is 6.49. The lowest BCUT2D eigenvalue weighted by Crippen LogP contribution is -2.54. The average Bonchev–Trinajstić information content (AvgIpc) is 3.20. The van der Waals surface area contributed by atoms with Crippen molar-refractivity contribution in [3.05, 3.63) is 11.1 Å². The van der Waals surface area contributed by atoms with Crippen LogP contribution in [0.4, 0.5) is 5.13 Å². The number of carbonyl (C=O) groups is 1. The van der Waals surface area contributed by atoms with E-state index in [1.807, 2.05) is 30.9 Å². The first-order chi connectivity index (χ1) is 13.6. The highest BCUT2D eigenvalue weighted by atomic mass is 127. The number of anilines is 1. The van der Waals surface area contributed by atoms with Gasteiger partial charge < -0.3 is 24.8 Å². The maximum Gasteiger partial charge on any atom is 0.236 e. The molecule has 1 aromatic rings. The van der Waals surface area contributed by atoms with Crippen molar-refractivity contribution in [2.45, 2.75) is 6.54 Å². The molecule has 2 saturated heterocycles. The highest BCUT2D eigenvalue weighted by Gasteiger charge is 2.24. The number of amides is 1. The van der Waals surface area contributed by atoms with Gasteiger partial charge in [-0.15, -0.1) is 35.3 Å². The van der Waals surface area contributed by atoms with Gasteiger partial charge in [0.1, 0.15) is 0 Å². The lowest BCUT2D eigenvalue weighted by atomic mass is 10.3. The topological polar surface area (TPSA) is 76.5 Å². The van der Waals surface area contributed by atoms with Gasteiger partial charge in [0.15, 0.2) is 11.1 Å². The number of aromatic nitrogens is 1. The Labute approximate surface area is 194 Å². The smallest absolute Gasteiger partial charge is 0.236 e. The minimum absolute atomic E-state index is 0. The molecule has 0 atom stereocenters. The molecule has 0 aromatic carbocycles. The van der Waals surface area contributed by atoms with Gasteiger partial charge in [-0.05, 0) is 0 Å². The standard InChI is InChI=1S/C18H31N7O2S.HI/c1-19-17(20-12-15-14-28-18(21-15)22(2)3)25-6-4-23(5-7-25)13-16(26)24-8-10-27-11-9-24;/h14H,4-13H2,1-3H3,(H,19,20);1H. The van der Waals surface area contributed by atoms with Crippen LogP contribution in [0.2, 0.25) is 0 Å². The van der Waals surface area contributed by atoms with Gasteiger partial charge in [0.25, 0.3) is 0 Å². The predicted molar refractivity (Wildman–Crippen MR) is 127 cm³/mol. The van der Waals surface area contributed by atoms with Crippen molar-refractivity contribution in [1.29, 1.82) is 0 Å². The number of nitrogens with zero attached hydrogens (tertiary/aromatic N) is 6. The molecule has 1 aromatic heterocycles. The molecular weight excluding hydrogens is 505 g/mol. The molecular formula is C18H32IN7O2S. The average molecular weight is 537 g/mol. The number of aliphatic imine (C=N–C) groups is 1. The molecule has 0 radical (unpaired) electrons. The zero-order chi connectivity index (χ0) is 19.9. The van der Waals surface area contributed by atoms with Crippen LogP contribution >= 0.6 is 35.3 Å². The first-order valence-corrected chi connectivity index (χ1v) is 10.6. The van der Waals surface area contributed by atoms with Crippen LogP contribution in [-0.2, 0) is 16.1 Å². The largest absolute Gasteiger partial charge is 0.378 e. The molecule has 0 saturated carbocycles. The van der Waals surface area contributed by atoms with Crippen LogP contribution in [-0.4, -0.2) is 112 Å². The number of hydrogen-bond donors (Lipinski definition) is 1. The van der Waals surface area contributed by atoms with E-state index in [4.69, 9.17) is 4.74 Å². The molecule has 3 heterocycles. The number of hydrogen-bond acceptors (Lipinski definition) is 7. The van der Waals surface area contributed by atoms with E-state index < -0.39 is 0 Å². The highest BCUT2D eigenvalue weighted by Crippen LogP contribution is 2.17. The normalized spacial score (nSPS) is 18.4. The van der Waals surface area contributed by atoms with E-state index >= 15 is 0 Å². The molecule has 0 bridgehead atoms. The van der Waals surface area contributed by atoms with Crippen LogP contribution in [0.15, 0.2) is 10.4 Å². The van der Waals surface area contributed by atoms with Crippen LogP contribution < -0.4 is 10.2 Å². The third kappa shape index (κ3) is 6.93. The molecule has 1 N–H and O–H groups in total. The van der Waals surface area contributed by atoms with Crippen LogP contribution in [0.5, 0.6) is 0 Å². The number of carbonyl (C=O) groups excluding carboxylic acids is 1. The summed E-state index contributed by atoms with van der Waals surface area (Å²) >= 11 is 1.64. The van der Waals surface area contributed by atoms with Crippen molar-refractivity contribution in [1.82, 2.24) is 25.0 Å². The Bertz CT molecular complexity index is 671. The summed E-state index contributed by atoms with van der Waals surface area (Å²) in [5.41, 5.74) is 1.02. The van der Waals surface area contributed by atoms with Gasteiger partial charge in [-0.1, -0.05) is 0 Å². The Balaban J connectivity index is 0.00000300. The summed E-state index contributed by atoms with van der Waals surface area (Å²) in [4.78, 5) is 29.8. The quantitative estimate of drug-likeness (QED) is 0.331. The first-order valence-electron chi connectivity index (χ1n) is 9.72. The second-order valence-corrected chi connectivity index (χ2v) is 8.01. The highest BCUT2D eigenvalue weighted by molar-refractivity contribution is 14.0. The van der Waals surface area contributed by atoms with E-state index in [-0.39, 0.29) is 29.9 Å². The fraction of sp³-hybridized carbons (Fsp3) is 0.722. The van der Waals surface area contributed by atoms with E-state index in [0.717, 1.165) is 43.0 Å². The number of piperazine rings is 1. The van der Waals surface area contributed by atoms with Crippen molar-refractivity contribution < 1.29 is 9.53 Å². The molecule has 11 heteroatoms. The zero-order valence-corrected chi connectivity index (χ0v) is 20.6. The lowest BCUT2D eigenvalue weighted by molar-refractivity contribution is -0.136. The van der Waals surface area contributed by atoms with Gasteiger partial charge >= 0.3 is 0 Å². The summed E-state index contributed by atoms with van der Waals surface area (Å²) < 4.78 is 5.32. The number of nitrogens with one attached hydrogen (secondary N) is 1. The van der Waals surface area contributed by atoms with Gasteiger partial charge in [0.2, 0.25) is 5.91 Å². The molecule has 2 aliphatic heterocycles. The van der Waals surface area contributed by atoms with Gasteiger partial charge in [-0.25, -0.2) is 4.98 Å². The van der Waals surface area contributed by atoms with Gasteiger partial charge in [-0.2, -0.15) is 0 Å². The molecule has 0 aliphatic carbocycles. The fourth-order valence-electron chi connectivity index (χ4n) is 3.31. The molecule has 3 rings (SSSR count). The minimum atomic E-state index is 0. The first kappa shape index (κ1) is 24.1. The van der Waals surface area contributed by atoms with Crippen molar-refractivity contribution in [2.75, 3.05) is 85.1 Å². The van der Waals surface area contributed by atoms with Gasteiger partial charge in [0.05, 0.1) is 32.0 Å². The lowest BCUT2D eigenvalue weighted by Gasteiger charge is -2.37. The summed E-state index contributed by atoms with van der Waals surface area (Å²) in [7, 11) is 5.81. The Morgan fingerprint density at radius 2 is 1.90 bits per heavy atom. The van der Waals surface area contributed by atoms with Crippen LogP contribution in [0.1, 0.15) is 5.69 Å². The van der Waals surface area contributed by atoms with Crippen molar-refractivity contribution in [3.63, 3.8) is 0 Å². The van der Waals surface area contributed by atoms with E-state index in [0.29, 0.717) is 39.4 Å². The third-order valence-electron chi connectivity index (χ3n) is 4.96. The summed E-state index contributed by atoms with van der Waals surface area (Å²) in [6.07, 6.45) is 0. The molecule has 0 spiro atoms. The molecule has 1 amide bonds. The third-order valence-corrected chi connectivity index (χ3v) is 6.01. The number of morpholine rings is 1. The fourth-order valence-corrected chi connectivity index (χ4v) is 4.06. The Morgan fingerprint density at radius 1 is 1.21 bits per heavy atom. The number of halogens is 1. The van der Waals surface area contributed by atoms with E-state index in [1.165, 1.54) is 0 Å². The summed E-state index contributed by atoms with van der Waals surface area (Å²) in [6.45, 7) is 7.30. The molecule has 9 nitrogen and oxygen atoms in total. The van der Waals surface area contributed by atoms with Crippen molar-refractivity contribution >= 4 is 52.3 Å². The van der Waals surface area contributed by atoms with Gasteiger partial charge in [0, 0.05) is 65.8 Å². The molecule has 2 fully saturated rings. The monoisotopic (exact) mass is 537 g/mol. The molecule has 0 unspecified atom stereocenters. The van der Waals surface area contributed by atoms with Crippen LogP contribution in [0.25, 0.3) is 0 Å². The van der Waals surface area contributed by atoms with Crippen LogP contribution in [0, 0.1) is 0 Å². The number of ether oxygens (including phenoxy) is 1. The summed E-state index contributed by atoms with van der Waals surface area (Å²) in [5.74, 6) is 1.10. The molecule has 164 valence electrons. The minimum Gasteiger partial charge on any atom is -0.378 e. The Kier molecular flexibility index (Phi) is 9.86. The van der Waals surface area contributed by atoms with E-state index in [1.54, 1.807) is 11.3 Å². The maximum absolute atomic E-state index is 12.4. The van der Waals surface area contributed by atoms with E-state index in [2.05, 4.69) is 30.5 Å². The second kappa shape index (κ2) is 11.9. The number of thiazole rings is 1. The van der Waals surface area contributed by atoms with Crippen molar-refractivity contribution in [3.8, 4) is 0 Å². The van der Waals surface area contributed by atoms with Gasteiger partial charge in [-0.3, -0.25) is 14.7 Å². The molecule has 29 heavy (non-hydrogen) atoms.